The summed E-state index contributed by atoms with van der Waals surface area (Å²) in [7, 11) is 1.38. The van der Waals surface area contributed by atoms with Gasteiger partial charge in [-0.2, -0.15) is 0 Å². The fourth-order valence-corrected chi connectivity index (χ4v) is 3.26. The van der Waals surface area contributed by atoms with Gasteiger partial charge < -0.3 is 9.84 Å². The van der Waals surface area contributed by atoms with Crippen molar-refractivity contribution in [1.82, 2.24) is 0 Å². The van der Waals surface area contributed by atoms with Gasteiger partial charge in [0.25, 0.3) is 0 Å². The molecule has 0 saturated carbocycles. The van der Waals surface area contributed by atoms with Crippen LogP contribution in [0.1, 0.15) is 16.5 Å². The largest absolute Gasteiger partial charge is 0.494 e. The standard InChI is InChI=1S/C12H9BrClFO2S/c1-17-9-4-6(2-3-8(9)15)11(16)10-5-7(13)12(14)18-10/h2-5,11,16H,1H3. The molecule has 0 fully saturated rings. The Kier molecular flexibility index (Phi) is 4.27. The molecule has 1 atom stereocenters. The molecule has 0 spiro atoms. The van der Waals surface area contributed by atoms with E-state index >= 15 is 0 Å². The van der Waals surface area contributed by atoms with Gasteiger partial charge in [0.2, 0.25) is 0 Å². The maximum Gasteiger partial charge on any atom is 0.165 e. The van der Waals surface area contributed by atoms with Crippen molar-refractivity contribution in [2.75, 3.05) is 7.11 Å². The van der Waals surface area contributed by atoms with E-state index in [1.54, 1.807) is 6.07 Å². The minimum Gasteiger partial charge on any atom is -0.494 e. The topological polar surface area (TPSA) is 29.5 Å². The van der Waals surface area contributed by atoms with Gasteiger partial charge >= 0.3 is 0 Å². The van der Waals surface area contributed by atoms with Crippen molar-refractivity contribution in [1.29, 1.82) is 0 Å². The minimum absolute atomic E-state index is 0.105. The van der Waals surface area contributed by atoms with Crippen molar-refractivity contribution in [3.05, 3.63) is 49.3 Å². The van der Waals surface area contributed by atoms with E-state index in [-0.39, 0.29) is 5.75 Å². The van der Waals surface area contributed by atoms with E-state index in [4.69, 9.17) is 16.3 Å². The van der Waals surface area contributed by atoms with E-state index in [1.807, 2.05) is 0 Å². The first kappa shape index (κ1) is 13.8. The molecule has 18 heavy (non-hydrogen) atoms. The van der Waals surface area contributed by atoms with E-state index in [2.05, 4.69) is 15.9 Å². The van der Waals surface area contributed by atoms with Crippen LogP contribution < -0.4 is 4.74 Å². The third-order valence-electron chi connectivity index (χ3n) is 2.42. The van der Waals surface area contributed by atoms with Crippen LogP contribution in [0, 0.1) is 5.82 Å². The van der Waals surface area contributed by atoms with Gasteiger partial charge in [0, 0.05) is 9.35 Å². The Morgan fingerprint density at radius 1 is 1.44 bits per heavy atom. The van der Waals surface area contributed by atoms with Crippen LogP contribution in [0.25, 0.3) is 0 Å². The van der Waals surface area contributed by atoms with Crippen LogP contribution >= 0.6 is 38.9 Å². The zero-order valence-corrected chi connectivity index (χ0v) is 12.4. The summed E-state index contributed by atoms with van der Waals surface area (Å²) in [6.45, 7) is 0. The summed E-state index contributed by atoms with van der Waals surface area (Å²) in [6.07, 6.45) is -0.853. The lowest BCUT2D eigenvalue weighted by Gasteiger charge is -2.10. The van der Waals surface area contributed by atoms with Crippen molar-refractivity contribution < 1.29 is 14.2 Å². The third kappa shape index (κ3) is 2.69. The van der Waals surface area contributed by atoms with Crippen LogP contribution in [0.5, 0.6) is 5.75 Å². The van der Waals surface area contributed by atoms with Gasteiger partial charge in [0.1, 0.15) is 10.4 Å². The zero-order chi connectivity index (χ0) is 13.3. The normalized spacial score (nSPS) is 12.5. The van der Waals surface area contributed by atoms with Crippen LogP contribution in [0.3, 0.4) is 0 Å². The van der Waals surface area contributed by atoms with Crippen LogP contribution in [0.15, 0.2) is 28.7 Å². The van der Waals surface area contributed by atoms with E-state index in [0.717, 1.165) is 4.47 Å². The second kappa shape index (κ2) is 5.57. The molecule has 1 aromatic carbocycles. The molecule has 1 unspecified atom stereocenters. The van der Waals surface area contributed by atoms with E-state index < -0.39 is 11.9 Å². The molecule has 0 aliphatic carbocycles. The van der Waals surface area contributed by atoms with Gasteiger partial charge in [0.15, 0.2) is 11.6 Å². The van der Waals surface area contributed by atoms with Gasteiger partial charge in [-0.05, 0) is 39.7 Å². The number of hydrogen-bond donors (Lipinski definition) is 1. The van der Waals surface area contributed by atoms with Crippen molar-refractivity contribution >= 4 is 38.9 Å². The number of rotatable bonds is 3. The summed E-state index contributed by atoms with van der Waals surface area (Å²) in [5.41, 5.74) is 0.554. The predicted molar refractivity (Wildman–Crippen MR) is 74.0 cm³/mol. The smallest absolute Gasteiger partial charge is 0.165 e. The summed E-state index contributed by atoms with van der Waals surface area (Å²) in [4.78, 5) is 0.681. The van der Waals surface area contributed by atoms with Gasteiger partial charge in [-0.25, -0.2) is 4.39 Å². The van der Waals surface area contributed by atoms with Gasteiger partial charge in [-0.3, -0.25) is 0 Å². The van der Waals surface area contributed by atoms with Crippen molar-refractivity contribution in [3.63, 3.8) is 0 Å². The number of halogens is 3. The molecule has 0 bridgehead atoms. The molecule has 2 aromatic rings. The summed E-state index contributed by atoms with van der Waals surface area (Å²) >= 11 is 10.5. The molecular weight excluding hydrogens is 343 g/mol. The van der Waals surface area contributed by atoms with E-state index in [0.29, 0.717) is 14.8 Å². The minimum atomic E-state index is -0.853. The number of benzene rings is 1. The van der Waals surface area contributed by atoms with Crippen LogP contribution in [-0.2, 0) is 0 Å². The molecule has 0 saturated heterocycles. The van der Waals surface area contributed by atoms with Crippen LogP contribution in [-0.4, -0.2) is 12.2 Å². The Bertz CT molecular complexity index is 554. The number of aliphatic hydroxyl groups is 1. The Balaban J connectivity index is 2.36. The average Bonchev–Trinajstić information content (AvgIpc) is 2.69. The van der Waals surface area contributed by atoms with Crippen LogP contribution in [0.4, 0.5) is 4.39 Å². The van der Waals surface area contributed by atoms with Crippen molar-refractivity contribution in [2.24, 2.45) is 0 Å². The number of aliphatic hydroxyl groups excluding tert-OH is 1. The molecule has 1 N–H and O–H groups in total. The number of ether oxygens (including phenoxy) is 1. The summed E-state index contributed by atoms with van der Waals surface area (Å²) < 4.78 is 19.5. The summed E-state index contributed by atoms with van der Waals surface area (Å²) in [5, 5.41) is 10.2. The lowest BCUT2D eigenvalue weighted by molar-refractivity contribution is 0.223. The molecule has 2 nitrogen and oxygen atoms in total. The lowest BCUT2D eigenvalue weighted by atomic mass is 10.1. The highest BCUT2D eigenvalue weighted by molar-refractivity contribution is 9.10. The number of methoxy groups -OCH3 is 1. The fraction of sp³-hybridized carbons (Fsp3) is 0.167. The Morgan fingerprint density at radius 2 is 2.17 bits per heavy atom. The second-order valence-corrected chi connectivity index (χ2v) is 6.11. The molecule has 1 aromatic heterocycles. The average molecular weight is 352 g/mol. The first-order valence-electron chi connectivity index (χ1n) is 4.99. The third-order valence-corrected chi connectivity index (χ3v) is 4.95. The predicted octanol–water partition coefficient (Wildman–Crippen LogP) is 4.39. The monoisotopic (exact) mass is 350 g/mol. The molecule has 0 amide bonds. The SMILES string of the molecule is COc1cc(C(O)c2cc(Br)c(Cl)s2)ccc1F. The first-order valence-corrected chi connectivity index (χ1v) is 6.98. The maximum atomic E-state index is 13.3. The molecule has 6 heteroatoms. The van der Waals surface area contributed by atoms with Gasteiger partial charge in [-0.1, -0.05) is 17.7 Å². The van der Waals surface area contributed by atoms with Crippen LogP contribution in [0.2, 0.25) is 4.34 Å². The molecule has 0 aliphatic rings. The number of thiophene rings is 1. The molecular formula is C12H9BrClFO2S. The highest BCUT2D eigenvalue weighted by Gasteiger charge is 2.17. The van der Waals surface area contributed by atoms with Crippen molar-refractivity contribution in [3.8, 4) is 5.75 Å². The fourth-order valence-electron chi connectivity index (χ4n) is 1.51. The van der Waals surface area contributed by atoms with E-state index in [1.165, 1.54) is 36.6 Å². The Hall–Kier alpha value is -0.620. The quantitative estimate of drug-likeness (QED) is 0.888. The summed E-state index contributed by atoms with van der Waals surface area (Å²) in [6, 6.07) is 6.00. The lowest BCUT2D eigenvalue weighted by Crippen LogP contribution is -1.98. The molecule has 2 rings (SSSR count). The number of hydrogen-bond acceptors (Lipinski definition) is 3. The second-order valence-electron chi connectivity index (χ2n) is 3.57. The zero-order valence-electron chi connectivity index (χ0n) is 9.28. The Morgan fingerprint density at radius 3 is 2.72 bits per heavy atom. The van der Waals surface area contributed by atoms with E-state index in [9.17, 15) is 9.50 Å². The molecule has 96 valence electrons. The highest BCUT2D eigenvalue weighted by atomic mass is 79.9. The molecule has 0 aliphatic heterocycles. The van der Waals surface area contributed by atoms with Gasteiger partial charge in [-0.15, -0.1) is 11.3 Å². The maximum absolute atomic E-state index is 13.3. The Labute approximate surface area is 121 Å². The van der Waals surface area contributed by atoms with Gasteiger partial charge in [0.05, 0.1) is 7.11 Å². The van der Waals surface area contributed by atoms with Crippen molar-refractivity contribution in [2.45, 2.75) is 6.10 Å². The summed E-state index contributed by atoms with van der Waals surface area (Å²) in [5.74, 6) is -0.355. The molecule has 1 heterocycles. The first-order chi connectivity index (χ1) is 8.52. The molecule has 0 radical (unpaired) electrons. The highest BCUT2D eigenvalue weighted by Crippen LogP contribution is 2.38.